The van der Waals surface area contributed by atoms with Gasteiger partial charge in [0.05, 0.1) is 0 Å². The Morgan fingerprint density at radius 2 is 1.67 bits per heavy atom. The minimum Gasteiger partial charge on any atom is -0.378 e. The molecule has 64 valence electrons. The third-order valence-electron chi connectivity index (χ3n) is 1.27. The first kappa shape index (κ1) is 10.9. The van der Waals surface area contributed by atoms with E-state index in [1.165, 1.54) is 11.1 Å². The van der Waals surface area contributed by atoms with Gasteiger partial charge in [-0.15, -0.1) is 0 Å². The van der Waals surface area contributed by atoms with Crippen molar-refractivity contribution in [2.75, 3.05) is 19.0 Å². The predicted molar refractivity (Wildman–Crippen MR) is 55.4 cm³/mol. The van der Waals surface area contributed by atoms with Gasteiger partial charge < -0.3 is 4.90 Å². The summed E-state index contributed by atoms with van der Waals surface area (Å²) in [6, 6.07) is 10.3. The first-order valence-electron chi connectivity index (χ1n) is 3.48. The lowest BCUT2D eigenvalue weighted by Gasteiger charge is -2.10. The molecule has 0 fully saturated rings. The summed E-state index contributed by atoms with van der Waals surface area (Å²) in [5.74, 6) is 0. The summed E-state index contributed by atoms with van der Waals surface area (Å²) in [5, 5.41) is 8.63. The molecule has 2 nitrogen and oxygen atoms in total. The van der Waals surface area contributed by atoms with Crippen LogP contribution in [0.25, 0.3) is 0 Å². The van der Waals surface area contributed by atoms with E-state index >= 15 is 0 Å². The van der Waals surface area contributed by atoms with E-state index in [9.17, 15) is 0 Å². The second kappa shape index (κ2) is 6.56. The number of benzene rings is 1. The first-order valence-corrected chi connectivity index (χ1v) is 3.92. The molecule has 0 saturated carbocycles. The molecular weight excluding hydrogens is 168 g/mol. The van der Waals surface area contributed by atoms with Crippen LogP contribution in [0.3, 0.4) is 0 Å². The van der Waals surface area contributed by atoms with Crippen molar-refractivity contribution in [2.45, 2.75) is 0 Å². The summed E-state index contributed by atoms with van der Waals surface area (Å²) < 4.78 is 0. The molecule has 12 heavy (non-hydrogen) atoms. The minimum absolute atomic E-state index is 1.25. The number of rotatable bonds is 1. The van der Waals surface area contributed by atoms with Gasteiger partial charge in [-0.2, -0.15) is 5.26 Å². The van der Waals surface area contributed by atoms with E-state index in [2.05, 4.69) is 29.7 Å². The van der Waals surface area contributed by atoms with Crippen LogP contribution < -0.4 is 4.90 Å². The normalized spacial score (nSPS) is 7.50. The number of thiocyanates is 1. The van der Waals surface area contributed by atoms with Crippen LogP contribution in [-0.2, 0) is 0 Å². The van der Waals surface area contributed by atoms with E-state index in [4.69, 9.17) is 5.26 Å². The Morgan fingerprint density at radius 3 is 1.92 bits per heavy atom. The van der Waals surface area contributed by atoms with Crippen molar-refractivity contribution < 1.29 is 0 Å². The molecule has 0 spiro atoms. The lowest BCUT2D eigenvalue weighted by atomic mass is 10.3. The Kier molecular flexibility index (Phi) is 5.94. The van der Waals surface area contributed by atoms with E-state index in [0.717, 1.165) is 0 Å². The summed E-state index contributed by atoms with van der Waals surface area (Å²) in [5.41, 5.74) is 1.25. The van der Waals surface area contributed by atoms with Crippen molar-refractivity contribution >= 4 is 18.3 Å². The van der Waals surface area contributed by atoms with Gasteiger partial charge in [0.25, 0.3) is 0 Å². The number of hydrogen-bond acceptors (Lipinski definition) is 3. The Labute approximate surface area is 78.8 Å². The van der Waals surface area contributed by atoms with Crippen LogP contribution in [0.1, 0.15) is 0 Å². The van der Waals surface area contributed by atoms with Crippen molar-refractivity contribution in [1.29, 1.82) is 5.26 Å². The third-order valence-corrected chi connectivity index (χ3v) is 1.27. The maximum absolute atomic E-state index is 7.18. The van der Waals surface area contributed by atoms with Crippen molar-refractivity contribution in [1.82, 2.24) is 0 Å². The van der Waals surface area contributed by atoms with Crippen LogP contribution in [-0.4, -0.2) is 14.1 Å². The number of nitriles is 1. The Morgan fingerprint density at radius 1 is 1.25 bits per heavy atom. The highest BCUT2D eigenvalue weighted by Gasteiger charge is 1.87. The highest BCUT2D eigenvalue weighted by molar-refractivity contribution is 7.85. The maximum atomic E-state index is 7.18. The fraction of sp³-hybridized carbons (Fsp3) is 0.222. The Hall–Kier alpha value is -1.14. The van der Waals surface area contributed by atoms with Crippen molar-refractivity contribution in [2.24, 2.45) is 0 Å². The van der Waals surface area contributed by atoms with Gasteiger partial charge in [-0.1, -0.05) is 30.8 Å². The zero-order valence-electron chi connectivity index (χ0n) is 7.23. The maximum Gasteiger partial charge on any atom is 0.130 e. The largest absolute Gasteiger partial charge is 0.378 e. The molecule has 0 aliphatic carbocycles. The van der Waals surface area contributed by atoms with Gasteiger partial charge in [0.2, 0.25) is 0 Å². The highest BCUT2D eigenvalue weighted by Crippen LogP contribution is 2.07. The average Bonchev–Trinajstić information content (AvgIpc) is 2.07. The van der Waals surface area contributed by atoms with Gasteiger partial charge in [-0.25, -0.2) is 0 Å². The number of nitrogens with zero attached hydrogens (tertiary/aromatic N) is 2. The predicted octanol–water partition coefficient (Wildman–Crippen LogP) is 2.15. The van der Waals surface area contributed by atoms with Crippen molar-refractivity contribution in [3.8, 4) is 5.40 Å². The summed E-state index contributed by atoms with van der Waals surface area (Å²) in [7, 11) is 4.07. The van der Waals surface area contributed by atoms with Crippen LogP contribution in [0, 0.1) is 10.7 Å². The molecule has 0 saturated heterocycles. The molecular formula is C9H12N2S. The van der Waals surface area contributed by atoms with Gasteiger partial charge in [0.1, 0.15) is 5.40 Å². The Bertz CT molecular complexity index is 238. The number of hydrogen-bond donors (Lipinski definition) is 1. The fourth-order valence-corrected chi connectivity index (χ4v) is 0.726. The van der Waals surface area contributed by atoms with E-state index in [-0.39, 0.29) is 0 Å². The average molecular weight is 180 g/mol. The molecule has 1 aromatic carbocycles. The van der Waals surface area contributed by atoms with Gasteiger partial charge in [-0.3, -0.25) is 0 Å². The van der Waals surface area contributed by atoms with Gasteiger partial charge in [-0.05, 0) is 12.1 Å². The molecule has 0 radical (unpaired) electrons. The van der Waals surface area contributed by atoms with Crippen LogP contribution in [0.15, 0.2) is 30.3 Å². The molecule has 0 aromatic heterocycles. The van der Waals surface area contributed by atoms with Crippen LogP contribution in [0.4, 0.5) is 5.69 Å². The monoisotopic (exact) mass is 180 g/mol. The molecule has 0 aliphatic heterocycles. The van der Waals surface area contributed by atoms with E-state index in [1.54, 1.807) is 0 Å². The quantitative estimate of drug-likeness (QED) is 0.529. The highest BCUT2D eigenvalue weighted by atomic mass is 32.1. The zero-order chi connectivity index (χ0) is 9.40. The van der Waals surface area contributed by atoms with E-state index < -0.39 is 0 Å². The summed E-state index contributed by atoms with van der Waals surface area (Å²) in [6.45, 7) is 0. The van der Waals surface area contributed by atoms with Crippen LogP contribution in [0.5, 0.6) is 0 Å². The molecule has 0 aliphatic rings. The van der Waals surface area contributed by atoms with Gasteiger partial charge in [0.15, 0.2) is 0 Å². The molecule has 0 unspecified atom stereocenters. The second-order valence-electron chi connectivity index (χ2n) is 2.33. The molecule has 0 bridgehead atoms. The second-order valence-corrected chi connectivity index (χ2v) is 2.53. The summed E-state index contributed by atoms with van der Waals surface area (Å²) in [4.78, 5) is 2.08. The lowest BCUT2D eigenvalue weighted by Crippen LogP contribution is -2.07. The van der Waals surface area contributed by atoms with Crippen LogP contribution in [0.2, 0.25) is 0 Å². The molecule has 0 amide bonds. The van der Waals surface area contributed by atoms with Crippen molar-refractivity contribution in [3.05, 3.63) is 30.3 Å². The number of anilines is 1. The first-order chi connectivity index (χ1) is 5.72. The standard InChI is InChI=1S/C8H11N.CHNS/c1-9(2)8-6-4-3-5-7-8;2-1-3/h3-7H,1-2H3;3H. The minimum atomic E-state index is 1.25. The zero-order valence-corrected chi connectivity index (χ0v) is 8.12. The van der Waals surface area contributed by atoms with E-state index in [1.807, 2.05) is 32.3 Å². The van der Waals surface area contributed by atoms with Gasteiger partial charge in [0, 0.05) is 19.8 Å². The van der Waals surface area contributed by atoms with Gasteiger partial charge >= 0.3 is 0 Å². The molecule has 1 aromatic rings. The number of para-hydroxylation sites is 1. The lowest BCUT2D eigenvalue weighted by molar-refractivity contribution is 1.13. The third kappa shape index (κ3) is 4.64. The fourth-order valence-electron chi connectivity index (χ4n) is 0.726. The molecule has 0 N–H and O–H groups in total. The van der Waals surface area contributed by atoms with Crippen molar-refractivity contribution in [3.63, 3.8) is 0 Å². The smallest absolute Gasteiger partial charge is 0.130 e. The van der Waals surface area contributed by atoms with E-state index in [0.29, 0.717) is 0 Å². The molecule has 0 atom stereocenters. The number of thiol groups is 1. The van der Waals surface area contributed by atoms with Crippen LogP contribution >= 0.6 is 12.6 Å². The summed E-state index contributed by atoms with van der Waals surface area (Å²) >= 11 is 3.09. The Balaban J connectivity index is 0.000000354. The topological polar surface area (TPSA) is 27.0 Å². The SMILES string of the molecule is CN(C)c1ccccc1.N#CS. The molecule has 0 heterocycles. The summed E-state index contributed by atoms with van der Waals surface area (Å²) in [6.07, 6.45) is 0. The molecule has 3 heteroatoms. The molecule has 1 rings (SSSR count).